The summed E-state index contributed by atoms with van der Waals surface area (Å²) in [4.78, 5) is 4.27. The van der Waals surface area contributed by atoms with Gasteiger partial charge in [-0.1, -0.05) is 0 Å². The Morgan fingerprint density at radius 1 is 1.44 bits per heavy atom. The second-order valence-electron chi connectivity index (χ2n) is 3.97. The summed E-state index contributed by atoms with van der Waals surface area (Å²) in [5.74, 6) is 1.69. The van der Waals surface area contributed by atoms with Crippen LogP contribution in [-0.2, 0) is 4.74 Å². The maximum Gasteiger partial charge on any atom is 0.137 e. The number of nitrogens with one attached hydrogen (secondary N) is 1. The molecule has 1 aromatic rings. The molecule has 4 nitrogen and oxygen atoms in total. The summed E-state index contributed by atoms with van der Waals surface area (Å²) in [5.41, 5.74) is 0. The number of nitrogens with zero attached hydrogens (tertiary/aromatic N) is 1. The molecule has 0 unspecified atom stereocenters. The standard InChI is InChI=1S/C12H18N2O2/c1-3-16-11-6-9(7-11)14-12-5-4-10(15-2)8-13-12/h4-5,8-9,11H,3,6-7H2,1-2H3,(H,13,14). The van der Waals surface area contributed by atoms with E-state index < -0.39 is 0 Å². The minimum atomic E-state index is 0.431. The van der Waals surface area contributed by atoms with Gasteiger partial charge in [0.05, 0.1) is 19.4 Å². The SMILES string of the molecule is CCOC1CC(Nc2ccc(OC)cn2)C1. The molecule has 0 spiro atoms. The number of rotatable bonds is 5. The lowest BCUT2D eigenvalue weighted by Crippen LogP contribution is -2.40. The van der Waals surface area contributed by atoms with Gasteiger partial charge in [-0.15, -0.1) is 0 Å². The van der Waals surface area contributed by atoms with E-state index in [0.29, 0.717) is 12.1 Å². The van der Waals surface area contributed by atoms with Crippen LogP contribution in [-0.4, -0.2) is 30.8 Å². The van der Waals surface area contributed by atoms with Gasteiger partial charge >= 0.3 is 0 Å². The molecule has 0 atom stereocenters. The van der Waals surface area contributed by atoms with Crippen LogP contribution < -0.4 is 10.1 Å². The van der Waals surface area contributed by atoms with Gasteiger partial charge in [-0.3, -0.25) is 0 Å². The van der Waals surface area contributed by atoms with Crippen LogP contribution in [0.3, 0.4) is 0 Å². The summed E-state index contributed by atoms with van der Waals surface area (Å²) in [5, 5.41) is 3.37. The van der Waals surface area contributed by atoms with E-state index >= 15 is 0 Å². The van der Waals surface area contributed by atoms with Gasteiger partial charge in [0, 0.05) is 12.6 Å². The molecule has 1 N–H and O–H groups in total. The van der Waals surface area contributed by atoms with Crippen molar-refractivity contribution in [2.24, 2.45) is 0 Å². The first-order chi connectivity index (χ1) is 7.81. The van der Waals surface area contributed by atoms with E-state index in [-0.39, 0.29) is 0 Å². The van der Waals surface area contributed by atoms with Crippen molar-refractivity contribution in [3.8, 4) is 5.75 Å². The number of hydrogen-bond donors (Lipinski definition) is 1. The lowest BCUT2D eigenvalue weighted by Gasteiger charge is -2.35. The maximum absolute atomic E-state index is 5.50. The normalized spacial score (nSPS) is 23.6. The van der Waals surface area contributed by atoms with Crippen LogP contribution in [0.5, 0.6) is 5.75 Å². The second kappa shape index (κ2) is 5.16. The molecule has 0 saturated heterocycles. The first-order valence-electron chi connectivity index (χ1n) is 5.70. The summed E-state index contributed by atoms with van der Waals surface area (Å²) in [6.07, 6.45) is 4.30. The molecule has 0 radical (unpaired) electrons. The predicted molar refractivity (Wildman–Crippen MR) is 62.8 cm³/mol. The van der Waals surface area contributed by atoms with E-state index in [1.807, 2.05) is 19.1 Å². The van der Waals surface area contributed by atoms with Crippen molar-refractivity contribution in [2.45, 2.75) is 31.9 Å². The van der Waals surface area contributed by atoms with Crippen LogP contribution in [0.15, 0.2) is 18.3 Å². The monoisotopic (exact) mass is 222 g/mol. The average molecular weight is 222 g/mol. The van der Waals surface area contributed by atoms with Crippen LogP contribution in [0, 0.1) is 0 Å². The van der Waals surface area contributed by atoms with Crippen molar-refractivity contribution in [2.75, 3.05) is 19.0 Å². The quantitative estimate of drug-likeness (QED) is 0.828. The molecule has 1 saturated carbocycles. The Kier molecular flexibility index (Phi) is 3.62. The van der Waals surface area contributed by atoms with E-state index in [2.05, 4.69) is 10.3 Å². The fourth-order valence-corrected chi connectivity index (χ4v) is 1.85. The minimum Gasteiger partial charge on any atom is -0.495 e. The average Bonchev–Trinajstić information content (AvgIpc) is 2.27. The Morgan fingerprint density at radius 3 is 2.81 bits per heavy atom. The minimum absolute atomic E-state index is 0.431. The van der Waals surface area contributed by atoms with E-state index in [0.717, 1.165) is 31.0 Å². The molecule has 0 aromatic carbocycles. The summed E-state index contributed by atoms with van der Waals surface area (Å²) < 4.78 is 10.6. The van der Waals surface area contributed by atoms with Crippen LogP contribution in [0.4, 0.5) is 5.82 Å². The summed E-state index contributed by atoms with van der Waals surface area (Å²) in [6.45, 7) is 2.84. The van der Waals surface area contributed by atoms with E-state index in [1.165, 1.54) is 0 Å². The molecule has 88 valence electrons. The highest BCUT2D eigenvalue weighted by Crippen LogP contribution is 2.26. The van der Waals surface area contributed by atoms with Crippen molar-refractivity contribution in [3.05, 3.63) is 18.3 Å². The summed E-state index contributed by atoms with van der Waals surface area (Å²) >= 11 is 0. The van der Waals surface area contributed by atoms with Gasteiger partial charge in [-0.2, -0.15) is 0 Å². The molecule has 1 fully saturated rings. The number of pyridine rings is 1. The molecule has 2 rings (SSSR count). The van der Waals surface area contributed by atoms with Gasteiger partial charge in [0.15, 0.2) is 0 Å². The smallest absolute Gasteiger partial charge is 0.137 e. The van der Waals surface area contributed by atoms with Gasteiger partial charge in [0.2, 0.25) is 0 Å². The second-order valence-corrected chi connectivity index (χ2v) is 3.97. The summed E-state index contributed by atoms with van der Waals surface area (Å²) in [7, 11) is 1.64. The fraction of sp³-hybridized carbons (Fsp3) is 0.583. The van der Waals surface area contributed by atoms with E-state index in [9.17, 15) is 0 Å². The third-order valence-electron chi connectivity index (χ3n) is 2.82. The predicted octanol–water partition coefficient (Wildman–Crippen LogP) is 2.07. The molecule has 0 aliphatic heterocycles. The zero-order valence-electron chi connectivity index (χ0n) is 9.77. The van der Waals surface area contributed by atoms with Crippen molar-refractivity contribution in [1.29, 1.82) is 0 Å². The van der Waals surface area contributed by atoms with Gasteiger partial charge in [0.25, 0.3) is 0 Å². The number of hydrogen-bond acceptors (Lipinski definition) is 4. The zero-order chi connectivity index (χ0) is 11.4. The Morgan fingerprint density at radius 2 is 2.25 bits per heavy atom. The van der Waals surface area contributed by atoms with Crippen molar-refractivity contribution >= 4 is 5.82 Å². The molecule has 0 bridgehead atoms. The Balaban J connectivity index is 1.78. The highest BCUT2D eigenvalue weighted by Gasteiger charge is 2.29. The van der Waals surface area contributed by atoms with Crippen LogP contribution in [0.2, 0.25) is 0 Å². The third kappa shape index (κ3) is 2.64. The molecule has 4 heteroatoms. The van der Waals surface area contributed by atoms with E-state index in [1.54, 1.807) is 13.3 Å². The first-order valence-corrected chi connectivity index (χ1v) is 5.70. The maximum atomic E-state index is 5.50. The number of anilines is 1. The van der Waals surface area contributed by atoms with Crippen LogP contribution >= 0.6 is 0 Å². The molecule has 16 heavy (non-hydrogen) atoms. The summed E-state index contributed by atoms with van der Waals surface area (Å²) in [6, 6.07) is 4.35. The molecule has 1 aliphatic rings. The van der Waals surface area contributed by atoms with Gasteiger partial charge < -0.3 is 14.8 Å². The van der Waals surface area contributed by atoms with Gasteiger partial charge in [0.1, 0.15) is 11.6 Å². The van der Waals surface area contributed by atoms with Gasteiger partial charge in [-0.25, -0.2) is 4.98 Å². The number of methoxy groups -OCH3 is 1. The van der Waals surface area contributed by atoms with Crippen molar-refractivity contribution < 1.29 is 9.47 Å². The Bertz CT molecular complexity index is 320. The van der Waals surface area contributed by atoms with Crippen molar-refractivity contribution in [1.82, 2.24) is 4.98 Å². The molecule has 1 aromatic heterocycles. The Hall–Kier alpha value is -1.29. The van der Waals surface area contributed by atoms with Crippen LogP contribution in [0.1, 0.15) is 19.8 Å². The number of ether oxygens (including phenoxy) is 2. The lowest BCUT2D eigenvalue weighted by molar-refractivity contribution is 0.00292. The highest BCUT2D eigenvalue weighted by molar-refractivity contribution is 5.39. The fourth-order valence-electron chi connectivity index (χ4n) is 1.85. The van der Waals surface area contributed by atoms with Gasteiger partial charge in [-0.05, 0) is 31.9 Å². The highest BCUT2D eigenvalue weighted by atomic mass is 16.5. The van der Waals surface area contributed by atoms with Crippen molar-refractivity contribution in [3.63, 3.8) is 0 Å². The molecule has 0 amide bonds. The number of aromatic nitrogens is 1. The molecule has 1 aliphatic carbocycles. The largest absolute Gasteiger partial charge is 0.495 e. The molecular weight excluding hydrogens is 204 g/mol. The molecular formula is C12H18N2O2. The zero-order valence-corrected chi connectivity index (χ0v) is 9.77. The topological polar surface area (TPSA) is 43.4 Å². The Labute approximate surface area is 96.0 Å². The van der Waals surface area contributed by atoms with E-state index in [4.69, 9.17) is 9.47 Å². The lowest BCUT2D eigenvalue weighted by atomic mass is 9.89. The van der Waals surface area contributed by atoms with Crippen LogP contribution in [0.25, 0.3) is 0 Å². The first kappa shape index (κ1) is 11.2. The molecule has 1 heterocycles. The third-order valence-corrected chi connectivity index (χ3v) is 2.82.